The molecule has 0 aliphatic carbocycles. The molecule has 1 aromatic heterocycles. The van der Waals surface area contributed by atoms with Crippen LogP contribution in [-0.4, -0.2) is 31.8 Å². The molecule has 0 saturated heterocycles. The number of benzene rings is 1. The second-order valence-electron chi connectivity index (χ2n) is 5.31. The lowest BCUT2D eigenvalue weighted by Crippen LogP contribution is -2.19. The lowest BCUT2D eigenvalue weighted by atomic mass is 10.1. The molecule has 0 aliphatic heterocycles. The number of nitrogens with zero attached hydrogens (tertiary/aromatic N) is 3. The van der Waals surface area contributed by atoms with Crippen LogP contribution in [0.2, 0.25) is 0 Å². The minimum atomic E-state index is -3.71. The van der Waals surface area contributed by atoms with Gasteiger partial charge in [0.15, 0.2) is 9.84 Å². The molecule has 2 rings (SSSR count). The van der Waals surface area contributed by atoms with Crippen molar-refractivity contribution >= 4 is 21.2 Å². The smallest absolute Gasteiger partial charge is 0.311 e. The number of rotatable bonds is 5. The van der Waals surface area contributed by atoms with E-state index in [9.17, 15) is 18.5 Å². The second kappa shape index (κ2) is 5.99. The molecule has 23 heavy (non-hydrogen) atoms. The van der Waals surface area contributed by atoms with Crippen molar-refractivity contribution in [2.45, 2.75) is 25.3 Å². The normalized spacial score (nSPS) is 11.5. The first-order valence-corrected chi connectivity index (χ1v) is 8.62. The van der Waals surface area contributed by atoms with Crippen LogP contribution in [0.15, 0.2) is 27.6 Å². The summed E-state index contributed by atoms with van der Waals surface area (Å²) >= 11 is 0. The van der Waals surface area contributed by atoms with Crippen molar-refractivity contribution in [1.82, 2.24) is 5.16 Å². The standard InChI is InChI=1S/C14H17N3O5S/c1-9-11(10(2)22-15-9)8-16(3)12-6-5-7-13(23(4,20)21)14(12)17(18)19/h5-7H,8H2,1-4H3. The van der Waals surface area contributed by atoms with Gasteiger partial charge in [-0.25, -0.2) is 8.42 Å². The van der Waals surface area contributed by atoms with Crippen molar-refractivity contribution in [3.63, 3.8) is 0 Å². The molecule has 2 aromatic rings. The summed E-state index contributed by atoms with van der Waals surface area (Å²) in [4.78, 5) is 12.1. The molecule has 8 nitrogen and oxygen atoms in total. The van der Waals surface area contributed by atoms with Crippen LogP contribution in [-0.2, 0) is 16.4 Å². The van der Waals surface area contributed by atoms with Gasteiger partial charge in [-0.1, -0.05) is 11.2 Å². The fraction of sp³-hybridized carbons (Fsp3) is 0.357. The summed E-state index contributed by atoms with van der Waals surface area (Å²) in [7, 11) is -2.06. The van der Waals surface area contributed by atoms with Crippen molar-refractivity contribution in [1.29, 1.82) is 0 Å². The molecule has 0 N–H and O–H groups in total. The Bertz CT molecular complexity index is 838. The summed E-state index contributed by atoms with van der Waals surface area (Å²) in [6.45, 7) is 3.85. The van der Waals surface area contributed by atoms with Gasteiger partial charge in [0.2, 0.25) is 0 Å². The molecule has 0 amide bonds. The van der Waals surface area contributed by atoms with Gasteiger partial charge in [0.05, 0.1) is 10.6 Å². The van der Waals surface area contributed by atoms with E-state index in [0.29, 0.717) is 18.0 Å². The zero-order valence-electron chi connectivity index (χ0n) is 13.2. The molecule has 0 bridgehead atoms. The first-order chi connectivity index (χ1) is 10.6. The monoisotopic (exact) mass is 339 g/mol. The summed E-state index contributed by atoms with van der Waals surface area (Å²) in [6, 6.07) is 4.24. The van der Waals surface area contributed by atoms with Gasteiger partial charge in [0.1, 0.15) is 16.3 Å². The van der Waals surface area contributed by atoms with Gasteiger partial charge in [-0.3, -0.25) is 10.1 Å². The molecule has 0 aliphatic rings. The van der Waals surface area contributed by atoms with Crippen molar-refractivity contribution in [3.8, 4) is 0 Å². The second-order valence-corrected chi connectivity index (χ2v) is 7.30. The molecule has 9 heteroatoms. The summed E-state index contributed by atoms with van der Waals surface area (Å²) in [5.41, 5.74) is 1.30. The van der Waals surface area contributed by atoms with E-state index in [1.54, 1.807) is 25.8 Å². The molecule has 0 radical (unpaired) electrons. The van der Waals surface area contributed by atoms with Crippen LogP contribution < -0.4 is 4.90 Å². The van der Waals surface area contributed by atoms with Crippen LogP contribution in [0.5, 0.6) is 0 Å². The highest BCUT2D eigenvalue weighted by Crippen LogP contribution is 2.35. The van der Waals surface area contributed by atoms with Gasteiger partial charge in [-0.15, -0.1) is 0 Å². The number of hydrogen-bond donors (Lipinski definition) is 0. The molecule has 0 atom stereocenters. The Morgan fingerprint density at radius 1 is 1.35 bits per heavy atom. The minimum Gasteiger partial charge on any atom is -0.364 e. The van der Waals surface area contributed by atoms with Crippen molar-refractivity contribution in [3.05, 3.63) is 45.3 Å². The Morgan fingerprint density at radius 2 is 2.00 bits per heavy atom. The Kier molecular flexibility index (Phi) is 4.42. The maximum atomic E-state index is 11.8. The van der Waals surface area contributed by atoms with Gasteiger partial charge in [0.25, 0.3) is 0 Å². The van der Waals surface area contributed by atoms with E-state index in [-0.39, 0.29) is 10.6 Å². The van der Waals surface area contributed by atoms with Gasteiger partial charge < -0.3 is 9.42 Å². The summed E-state index contributed by atoms with van der Waals surface area (Å²) in [6.07, 6.45) is 0.952. The number of aromatic nitrogens is 1. The average Bonchev–Trinajstić information content (AvgIpc) is 2.77. The number of anilines is 1. The molecule has 0 fully saturated rings. The van der Waals surface area contributed by atoms with Gasteiger partial charge in [0, 0.05) is 25.4 Å². The number of nitro groups is 1. The maximum Gasteiger partial charge on any atom is 0.311 e. The van der Waals surface area contributed by atoms with E-state index in [4.69, 9.17) is 4.52 Å². The van der Waals surface area contributed by atoms with E-state index >= 15 is 0 Å². The predicted molar refractivity (Wildman–Crippen MR) is 84.3 cm³/mol. The number of sulfone groups is 1. The van der Waals surface area contributed by atoms with Crippen LogP contribution in [0.1, 0.15) is 17.0 Å². The molecular formula is C14H17N3O5S. The Labute approximate surface area is 133 Å². The molecule has 1 heterocycles. The number of hydrogen-bond acceptors (Lipinski definition) is 7. The van der Waals surface area contributed by atoms with E-state index in [2.05, 4.69) is 5.16 Å². The lowest BCUT2D eigenvalue weighted by Gasteiger charge is -2.19. The Balaban J connectivity index is 2.53. The van der Waals surface area contributed by atoms with Crippen LogP contribution in [0.25, 0.3) is 0 Å². The molecule has 0 unspecified atom stereocenters. The van der Waals surface area contributed by atoms with E-state index < -0.39 is 20.4 Å². The largest absolute Gasteiger partial charge is 0.364 e. The number of nitro benzene ring substituents is 1. The average molecular weight is 339 g/mol. The zero-order valence-corrected chi connectivity index (χ0v) is 14.0. The molecular weight excluding hydrogens is 322 g/mol. The third-order valence-electron chi connectivity index (χ3n) is 3.55. The van der Waals surface area contributed by atoms with Gasteiger partial charge in [-0.2, -0.15) is 0 Å². The highest BCUT2D eigenvalue weighted by atomic mass is 32.2. The third-order valence-corrected chi connectivity index (χ3v) is 4.68. The van der Waals surface area contributed by atoms with Crippen molar-refractivity contribution in [2.75, 3.05) is 18.2 Å². The number of para-hydroxylation sites is 1. The molecule has 0 saturated carbocycles. The van der Waals surface area contributed by atoms with Crippen LogP contribution >= 0.6 is 0 Å². The quantitative estimate of drug-likeness (QED) is 0.607. The van der Waals surface area contributed by atoms with E-state index in [1.807, 2.05) is 0 Å². The first kappa shape index (κ1) is 16.9. The van der Waals surface area contributed by atoms with E-state index in [0.717, 1.165) is 11.8 Å². The van der Waals surface area contributed by atoms with Crippen LogP contribution in [0, 0.1) is 24.0 Å². The Morgan fingerprint density at radius 3 is 2.48 bits per heavy atom. The zero-order chi connectivity index (χ0) is 17.4. The van der Waals surface area contributed by atoms with Crippen LogP contribution in [0.4, 0.5) is 11.4 Å². The number of aryl methyl sites for hydroxylation is 2. The van der Waals surface area contributed by atoms with Crippen molar-refractivity contribution in [2.24, 2.45) is 0 Å². The first-order valence-electron chi connectivity index (χ1n) is 6.73. The SMILES string of the molecule is Cc1noc(C)c1CN(C)c1cccc(S(C)(=O)=O)c1[N+](=O)[O-]. The maximum absolute atomic E-state index is 11.8. The highest BCUT2D eigenvalue weighted by molar-refractivity contribution is 7.90. The minimum absolute atomic E-state index is 0.220. The fourth-order valence-corrected chi connectivity index (χ4v) is 3.21. The lowest BCUT2D eigenvalue weighted by molar-refractivity contribution is -0.387. The molecule has 0 spiro atoms. The van der Waals surface area contributed by atoms with Crippen molar-refractivity contribution < 1.29 is 17.9 Å². The van der Waals surface area contributed by atoms with Gasteiger partial charge >= 0.3 is 5.69 Å². The third kappa shape index (κ3) is 3.34. The summed E-state index contributed by atoms with van der Waals surface area (Å²) < 4.78 is 28.7. The van der Waals surface area contributed by atoms with Gasteiger partial charge in [-0.05, 0) is 26.0 Å². The topological polar surface area (TPSA) is 107 Å². The predicted octanol–water partition coefficient (Wildman–Crippen LogP) is 2.24. The molecule has 124 valence electrons. The highest BCUT2D eigenvalue weighted by Gasteiger charge is 2.28. The van der Waals surface area contributed by atoms with E-state index in [1.165, 1.54) is 18.2 Å². The van der Waals surface area contributed by atoms with Crippen LogP contribution in [0.3, 0.4) is 0 Å². The molecule has 1 aromatic carbocycles. The fourth-order valence-electron chi connectivity index (χ4n) is 2.35. The summed E-state index contributed by atoms with van der Waals surface area (Å²) in [5, 5.41) is 15.3. The Hall–Kier alpha value is -2.42. The summed E-state index contributed by atoms with van der Waals surface area (Å²) in [5.74, 6) is 0.622.